The molecule has 1 saturated heterocycles. The number of hydrogen-bond donors (Lipinski definition) is 1. The molecule has 0 aliphatic carbocycles. The molecule has 1 heterocycles. The van der Waals surface area contributed by atoms with Gasteiger partial charge in [-0.3, -0.25) is 4.79 Å². The van der Waals surface area contributed by atoms with Gasteiger partial charge in [-0.05, 0) is 38.5 Å². The minimum absolute atomic E-state index is 0.410. The van der Waals surface area contributed by atoms with Gasteiger partial charge in [-0.2, -0.15) is 0 Å². The van der Waals surface area contributed by atoms with E-state index in [0.717, 1.165) is 122 Å². The molecule has 0 aromatic heterocycles. The molecule has 2 unspecified atom stereocenters. The fourth-order valence-corrected chi connectivity index (χ4v) is 7.30. The lowest BCUT2D eigenvalue weighted by Crippen LogP contribution is -2.68. The van der Waals surface area contributed by atoms with Crippen LogP contribution < -0.4 is 0 Å². The molecule has 1 N–H and O–H groups in total. The summed E-state index contributed by atoms with van der Waals surface area (Å²) in [5.41, 5.74) is -2.51. The number of esters is 1. The smallest absolute Gasteiger partial charge is 0.378 e. The van der Waals surface area contributed by atoms with Crippen LogP contribution in [0, 0.1) is 0 Å². The largest absolute Gasteiger partial charge is 0.447 e. The van der Waals surface area contributed by atoms with Gasteiger partial charge in [0, 0.05) is 13.2 Å². The first-order valence-corrected chi connectivity index (χ1v) is 20.1. The molecule has 0 amide bonds. The lowest BCUT2D eigenvalue weighted by Gasteiger charge is -2.51. The van der Waals surface area contributed by atoms with Gasteiger partial charge in [0.1, 0.15) is 5.60 Å². The van der Waals surface area contributed by atoms with Crippen molar-refractivity contribution in [2.24, 2.45) is 0 Å². The van der Waals surface area contributed by atoms with Gasteiger partial charge in [0.15, 0.2) is 11.7 Å². The summed E-state index contributed by atoms with van der Waals surface area (Å²) < 4.78 is 19.8. The molecule has 1 rings (SSSR count). The Kier molecular flexibility index (Phi) is 25.2. The van der Waals surface area contributed by atoms with Crippen LogP contribution in [0.2, 0.25) is 0 Å². The van der Waals surface area contributed by atoms with Crippen molar-refractivity contribution in [1.29, 1.82) is 0 Å². The molecule has 0 aromatic rings. The first kappa shape index (κ1) is 43.0. The van der Waals surface area contributed by atoms with Crippen molar-refractivity contribution in [1.82, 2.24) is 0 Å². The van der Waals surface area contributed by atoms with Crippen LogP contribution in [0.25, 0.3) is 0 Å². The zero-order chi connectivity index (χ0) is 33.9. The second-order valence-electron chi connectivity index (χ2n) is 14.2. The van der Waals surface area contributed by atoms with Crippen LogP contribution in [0.5, 0.6) is 0 Å². The standard InChI is InChI=1S/C40H76O6/c1-6-11-16-21-22-23-24-28-33-44-37-36(42)38(43)46-40(37,32-27-19-14-9-4)39(31-26-18-13-8-3,45-34-29-20-15-10-5)35(41)30-25-17-12-7-2/h35,37,41H,6-34H2,1-5H3/t35?,37?,39-,40-/m0/s1. The number of ketones is 1. The SMILES string of the molecule is CCCCCCCCCCOC1C(=O)C(=O)O[C@]1(CCCCCC)[C@@](CCCCCC)(OCCCCCC)C(O)CCCCCC. The average molecular weight is 653 g/mol. The topological polar surface area (TPSA) is 82.1 Å². The molecule has 1 aliphatic rings. The number of aliphatic hydroxyl groups excluding tert-OH is 1. The third kappa shape index (κ3) is 14.6. The normalized spacial score (nSPS) is 20.3. The Balaban J connectivity index is 3.44. The van der Waals surface area contributed by atoms with Gasteiger partial charge < -0.3 is 19.3 Å². The van der Waals surface area contributed by atoms with E-state index in [-0.39, 0.29) is 0 Å². The summed E-state index contributed by atoms with van der Waals surface area (Å²) >= 11 is 0. The summed E-state index contributed by atoms with van der Waals surface area (Å²) in [6.45, 7) is 11.9. The van der Waals surface area contributed by atoms with Crippen LogP contribution in [-0.4, -0.2) is 53.5 Å². The van der Waals surface area contributed by atoms with Crippen molar-refractivity contribution in [3.63, 3.8) is 0 Å². The molecule has 0 radical (unpaired) electrons. The van der Waals surface area contributed by atoms with Crippen LogP contribution in [0.15, 0.2) is 0 Å². The third-order valence-electron chi connectivity index (χ3n) is 10.2. The zero-order valence-electron chi connectivity index (χ0n) is 31.1. The predicted molar refractivity (Wildman–Crippen MR) is 191 cm³/mol. The van der Waals surface area contributed by atoms with Gasteiger partial charge in [0.05, 0.1) is 6.10 Å². The summed E-state index contributed by atoms with van der Waals surface area (Å²) in [6, 6.07) is 0. The van der Waals surface area contributed by atoms with E-state index in [1.165, 1.54) is 32.1 Å². The van der Waals surface area contributed by atoms with Gasteiger partial charge in [-0.15, -0.1) is 0 Å². The highest BCUT2D eigenvalue weighted by atomic mass is 16.6. The van der Waals surface area contributed by atoms with Crippen molar-refractivity contribution in [2.45, 2.75) is 231 Å². The molecule has 0 spiro atoms. The Morgan fingerprint density at radius 1 is 0.630 bits per heavy atom. The monoisotopic (exact) mass is 653 g/mol. The van der Waals surface area contributed by atoms with E-state index in [9.17, 15) is 14.7 Å². The summed E-state index contributed by atoms with van der Waals surface area (Å²) in [7, 11) is 0. The maximum absolute atomic E-state index is 13.7. The highest BCUT2D eigenvalue weighted by Crippen LogP contribution is 2.49. The Hall–Kier alpha value is -0.980. The Bertz CT molecular complexity index is 756. The first-order valence-electron chi connectivity index (χ1n) is 20.1. The van der Waals surface area contributed by atoms with Crippen molar-refractivity contribution < 1.29 is 28.9 Å². The van der Waals surface area contributed by atoms with Crippen LogP contribution in [0.4, 0.5) is 0 Å². The number of hydrogen-bond acceptors (Lipinski definition) is 6. The number of carbonyl (C=O) groups excluding carboxylic acids is 2. The van der Waals surface area contributed by atoms with Gasteiger partial charge >= 0.3 is 5.97 Å². The Morgan fingerprint density at radius 3 is 1.67 bits per heavy atom. The van der Waals surface area contributed by atoms with E-state index in [0.29, 0.717) is 32.5 Å². The molecule has 0 saturated carbocycles. The van der Waals surface area contributed by atoms with Gasteiger partial charge in [0.25, 0.3) is 5.78 Å². The summed E-state index contributed by atoms with van der Waals surface area (Å²) in [6.07, 6.45) is 25.4. The minimum atomic E-state index is -1.32. The fraction of sp³-hybridized carbons (Fsp3) is 0.950. The minimum Gasteiger partial charge on any atom is -0.447 e. The molecule has 0 aromatic carbocycles. The summed E-state index contributed by atoms with van der Waals surface area (Å²) in [5.74, 6) is -1.41. The number of Topliss-reactive ketones (excluding diaryl/α,β-unsaturated/α-hetero) is 1. The van der Waals surface area contributed by atoms with E-state index in [4.69, 9.17) is 14.2 Å². The molecule has 0 bridgehead atoms. The Labute approximate surface area is 284 Å². The summed E-state index contributed by atoms with van der Waals surface area (Å²) in [4.78, 5) is 27.0. The molecular formula is C40H76O6. The zero-order valence-corrected chi connectivity index (χ0v) is 31.1. The van der Waals surface area contributed by atoms with E-state index >= 15 is 0 Å². The second kappa shape index (κ2) is 26.9. The van der Waals surface area contributed by atoms with E-state index in [1.54, 1.807) is 0 Å². The second-order valence-corrected chi connectivity index (χ2v) is 14.2. The van der Waals surface area contributed by atoms with Crippen LogP contribution in [0.1, 0.15) is 208 Å². The number of cyclic esters (lactones) is 1. The van der Waals surface area contributed by atoms with Gasteiger partial charge in [-0.1, -0.05) is 169 Å². The average Bonchev–Trinajstić information content (AvgIpc) is 3.30. The van der Waals surface area contributed by atoms with Crippen LogP contribution in [-0.2, 0) is 23.8 Å². The van der Waals surface area contributed by atoms with Crippen LogP contribution >= 0.6 is 0 Å². The van der Waals surface area contributed by atoms with Crippen molar-refractivity contribution in [3.05, 3.63) is 0 Å². The maximum atomic E-state index is 13.7. The molecule has 46 heavy (non-hydrogen) atoms. The molecule has 6 nitrogen and oxygen atoms in total. The van der Waals surface area contributed by atoms with Gasteiger partial charge in [0.2, 0.25) is 0 Å². The molecule has 1 fully saturated rings. The van der Waals surface area contributed by atoms with Crippen molar-refractivity contribution in [2.75, 3.05) is 13.2 Å². The van der Waals surface area contributed by atoms with E-state index in [1.807, 2.05) is 0 Å². The molecular weight excluding hydrogens is 576 g/mol. The quantitative estimate of drug-likeness (QED) is 0.0431. The number of ether oxygens (including phenoxy) is 3. The molecule has 1 aliphatic heterocycles. The maximum Gasteiger partial charge on any atom is 0.378 e. The van der Waals surface area contributed by atoms with Crippen molar-refractivity contribution in [3.8, 4) is 0 Å². The summed E-state index contributed by atoms with van der Waals surface area (Å²) in [5, 5.41) is 12.3. The lowest BCUT2D eigenvalue weighted by molar-refractivity contribution is -0.263. The first-order chi connectivity index (χ1) is 22.4. The van der Waals surface area contributed by atoms with Gasteiger partial charge in [-0.25, -0.2) is 4.79 Å². The number of carbonyl (C=O) groups is 2. The molecule has 272 valence electrons. The Morgan fingerprint density at radius 2 is 1.09 bits per heavy atom. The van der Waals surface area contributed by atoms with Crippen molar-refractivity contribution >= 4 is 11.8 Å². The third-order valence-corrected chi connectivity index (χ3v) is 10.2. The number of unbranched alkanes of at least 4 members (excludes halogenated alkanes) is 19. The number of aliphatic hydroxyl groups is 1. The highest BCUT2D eigenvalue weighted by Gasteiger charge is 2.69. The number of rotatable bonds is 33. The fourth-order valence-electron chi connectivity index (χ4n) is 7.30. The lowest BCUT2D eigenvalue weighted by atomic mass is 9.68. The van der Waals surface area contributed by atoms with E-state index in [2.05, 4.69) is 34.6 Å². The van der Waals surface area contributed by atoms with E-state index < -0.39 is 35.2 Å². The molecule has 6 heteroatoms. The highest BCUT2D eigenvalue weighted by molar-refractivity contribution is 6.37. The molecule has 4 atom stereocenters. The predicted octanol–water partition coefficient (Wildman–Crippen LogP) is 11.0. The van der Waals surface area contributed by atoms with Crippen LogP contribution in [0.3, 0.4) is 0 Å².